The van der Waals surface area contributed by atoms with Gasteiger partial charge in [0.15, 0.2) is 6.29 Å². The second kappa shape index (κ2) is 4.45. The second-order valence-corrected chi connectivity index (χ2v) is 4.42. The summed E-state index contributed by atoms with van der Waals surface area (Å²) in [6.45, 7) is 2.13. The molecule has 0 saturated carbocycles. The first-order chi connectivity index (χ1) is 7.31. The van der Waals surface area contributed by atoms with Crippen molar-refractivity contribution in [2.45, 2.75) is 19.4 Å². The molecule has 3 heteroatoms. The number of hydrogen-bond donors (Lipinski definition) is 0. The Morgan fingerprint density at radius 2 is 2.40 bits per heavy atom. The second-order valence-electron chi connectivity index (χ2n) is 3.64. The zero-order valence-corrected chi connectivity index (χ0v) is 9.41. The number of carbonyl (C=O) groups excluding carboxylic acids is 1. The number of hydrogen-bond acceptors (Lipinski definition) is 2. The van der Waals surface area contributed by atoms with Crippen molar-refractivity contribution in [1.29, 1.82) is 0 Å². The first-order valence-corrected chi connectivity index (χ1v) is 5.88. The van der Waals surface area contributed by atoms with Crippen molar-refractivity contribution in [2.24, 2.45) is 0 Å². The van der Waals surface area contributed by atoms with Crippen molar-refractivity contribution in [3.05, 3.63) is 46.4 Å². The van der Waals surface area contributed by atoms with E-state index in [1.165, 1.54) is 5.56 Å². The fourth-order valence-electron chi connectivity index (χ4n) is 1.76. The Labute approximate surface area is 93.2 Å². The van der Waals surface area contributed by atoms with Gasteiger partial charge in [-0.25, -0.2) is 0 Å². The lowest BCUT2D eigenvalue weighted by molar-refractivity contribution is 0.111. The normalized spacial score (nSPS) is 12.6. The van der Waals surface area contributed by atoms with E-state index in [1.807, 2.05) is 22.9 Å². The Hall–Kier alpha value is -1.35. The van der Waals surface area contributed by atoms with Crippen molar-refractivity contribution in [2.75, 3.05) is 0 Å². The topological polar surface area (TPSA) is 22.0 Å². The number of aldehydes is 1. The molecular weight excluding hydrogens is 206 g/mol. The first-order valence-electron chi connectivity index (χ1n) is 4.94. The van der Waals surface area contributed by atoms with E-state index in [0.29, 0.717) is 6.04 Å². The van der Waals surface area contributed by atoms with Gasteiger partial charge in [-0.05, 0) is 47.9 Å². The molecule has 78 valence electrons. The highest BCUT2D eigenvalue weighted by Crippen LogP contribution is 2.17. The van der Waals surface area contributed by atoms with Crippen LogP contribution in [0, 0.1) is 0 Å². The summed E-state index contributed by atoms with van der Waals surface area (Å²) < 4.78 is 2.02. The van der Waals surface area contributed by atoms with Crippen LogP contribution < -0.4 is 0 Å². The van der Waals surface area contributed by atoms with Crippen LogP contribution in [0.4, 0.5) is 0 Å². The summed E-state index contributed by atoms with van der Waals surface area (Å²) in [6.07, 6.45) is 3.84. The Morgan fingerprint density at radius 1 is 1.53 bits per heavy atom. The average Bonchev–Trinajstić information content (AvgIpc) is 2.86. The summed E-state index contributed by atoms with van der Waals surface area (Å²) in [6, 6.07) is 6.21. The Balaban J connectivity index is 2.14. The molecule has 2 aromatic rings. The largest absolute Gasteiger partial charge is 0.342 e. The van der Waals surface area contributed by atoms with Crippen LogP contribution in [0.1, 0.15) is 29.0 Å². The maximum Gasteiger partial charge on any atom is 0.166 e. The van der Waals surface area contributed by atoms with Crippen molar-refractivity contribution >= 4 is 17.6 Å². The fourth-order valence-corrected chi connectivity index (χ4v) is 2.44. The van der Waals surface area contributed by atoms with Gasteiger partial charge < -0.3 is 4.57 Å². The molecule has 0 spiro atoms. The zero-order valence-electron chi connectivity index (χ0n) is 8.59. The maximum atomic E-state index is 10.8. The quantitative estimate of drug-likeness (QED) is 0.724. The van der Waals surface area contributed by atoms with Crippen LogP contribution in [0.5, 0.6) is 0 Å². The minimum absolute atomic E-state index is 0.329. The highest BCUT2D eigenvalue weighted by atomic mass is 32.1. The molecule has 2 aromatic heterocycles. The summed E-state index contributed by atoms with van der Waals surface area (Å²) in [5.41, 5.74) is 2.08. The SMILES string of the molecule is CC(Cc1ccsc1)n1cccc1C=O. The van der Waals surface area contributed by atoms with Gasteiger partial charge in [0, 0.05) is 12.2 Å². The minimum Gasteiger partial charge on any atom is -0.342 e. The van der Waals surface area contributed by atoms with Gasteiger partial charge in [0.1, 0.15) is 0 Å². The van der Waals surface area contributed by atoms with Crippen LogP contribution in [0.3, 0.4) is 0 Å². The number of rotatable bonds is 4. The van der Waals surface area contributed by atoms with Gasteiger partial charge in [-0.1, -0.05) is 0 Å². The van der Waals surface area contributed by atoms with Crippen LogP contribution in [0.2, 0.25) is 0 Å². The Kier molecular flexibility index (Phi) is 3.02. The average molecular weight is 219 g/mol. The molecule has 1 atom stereocenters. The summed E-state index contributed by atoms with van der Waals surface area (Å²) in [5, 5.41) is 4.24. The van der Waals surface area contributed by atoms with E-state index in [9.17, 15) is 4.79 Å². The van der Waals surface area contributed by atoms with Gasteiger partial charge in [-0.15, -0.1) is 0 Å². The molecule has 0 amide bonds. The lowest BCUT2D eigenvalue weighted by Gasteiger charge is -2.14. The molecular formula is C12H13NOS. The minimum atomic E-state index is 0.329. The maximum absolute atomic E-state index is 10.8. The first kappa shape index (κ1) is 10.2. The Morgan fingerprint density at radius 3 is 3.07 bits per heavy atom. The summed E-state index contributed by atoms with van der Waals surface area (Å²) >= 11 is 1.71. The number of carbonyl (C=O) groups is 1. The lowest BCUT2D eigenvalue weighted by atomic mass is 10.1. The molecule has 0 aliphatic carbocycles. The van der Waals surface area contributed by atoms with Crippen molar-refractivity contribution < 1.29 is 4.79 Å². The van der Waals surface area contributed by atoms with E-state index in [2.05, 4.69) is 23.8 Å². The number of thiophene rings is 1. The summed E-state index contributed by atoms with van der Waals surface area (Å²) in [5.74, 6) is 0. The van der Waals surface area contributed by atoms with E-state index in [-0.39, 0.29) is 0 Å². The predicted octanol–water partition coefficient (Wildman–Crippen LogP) is 3.17. The molecule has 0 fully saturated rings. The molecule has 1 unspecified atom stereocenters. The standard InChI is InChI=1S/C12H13NOS/c1-10(7-11-4-6-15-9-11)13-5-2-3-12(13)8-14/h2-6,8-10H,7H2,1H3. The van der Waals surface area contributed by atoms with Crippen LogP contribution >= 0.6 is 11.3 Å². The molecule has 0 aliphatic rings. The van der Waals surface area contributed by atoms with Gasteiger partial charge in [0.2, 0.25) is 0 Å². The monoisotopic (exact) mass is 219 g/mol. The van der Waals surface area contributed by atoms with Gasteiger partial charge >= 0.3 is 0 Å². The molecule has 0 saturated heterocycles. The van der Waals surface area contributed by atoms with Crippen molar-refractivity contribution in [1.82, 2.24) is 4.57 Å². The third-order valence-electron chi connectivity index (χ3n) is 2.52. The number of nitrogens with zero attached hydrogens (tertiary/aromatic N) is 1. The van der Waals surface area contributed by atoms with E-state index < -0.39 is 0 Å². The van der Waals surface area contributed by atoms with Crippen molar-refractivity contribution in [3.8, 4) is 0 Å². The number of aromatic nitrogens is 1. The molecule has 15 heavy (non-hydrogen) atoms. The molecule has 2 rings (SSSR count). The molecule has 0 radical (unpaired) electrons. The van der Waals surface area contributed by atoms with Gasteiger partial charge in [-0.2, -0.15) is 11.3 Å². The lowest BCUT2D eigenvalue weighted by Crippen LogP contribution is -2.09. The highest BCUT2D eigenvalue weighted by molar-refractivity contribution is 7.07. The van der Waals surface area contributed by atoms with E-state index in [4.69, 9.17) is 0 Å². The van der Waals surface area contributed by atoms with Crippen LogP contribution in [-0.2, 0) is 6.42 Å². The third kappa shape index (κ3) is 2.18. The third-order valence-corrected chi connectivity index (χ3v) is 3.25. The van der Waals surface area contributed by atoms with E-state index in [0.717, 1.165) is 18.4 Å². The van der Waals surface area contributed by atoms with Crippen molar-refractivity contribution in [3.63, 3.8) is 0 Å². The smallest absolute Gasteiger partial charge is 0.166 e. The predicted molar refractivity (Wildman–Crippen MR) is 62.6 cm³/mol. The molecule has 2 heterocycles. The zero-order chi connectivity index (χ0) is 10.7. The molecule has 0 aliphatic heterocycles. The van der Waals surface area contributed by atoms with Gasteiger partial charge in [0.25, 0.3) is 0 Å². The van der Waals surface area contributed by atoms with Gasteiger partial charge in [0.05, 0.1) is 5.69 Å². The Bertz CT molecular complexity index is 430. The van der Waals surface area contributed by atoms with E-state index in [1.54, 1.807) is 11.3 Å². The molecule has 0 aromatic carbocycles. The van der Waals surface area contributed by atoms with E-state index >= 15 is 0 Å². The molecule has 2 nitrogen and oxygen atoms in total. The fraction of sp³-hybridized carbons (Fsp3) is 0.250. The molecule has 0 bridgehead atoms. The van der Waals surface area contributed by atoms with Gasteiger partial charge in [-0.3, -0.25) is 4.79 Å². The van der Waals surface area contributed by atoms with Crippen LogP contribution in [-0.4, -0.2) is 10.9 Å². The molecule has 0 N–H and O–H groups in total. The summed E-state index contributed by atoms with van der Waals surface area (Å²) in [4.78, 5) is 10.8. The highest BCUT2D eigenvalue weighted by Gasteiger charge is 2.08. The van der Waals surface area contributed by atoms with Crippen LogP contribution in [0.25, 0.3) is 0 Å². The summed E-state index contributed by atoms with van der Waals surface area (Å²) in [7, 11) is 0. The van der Waals surface area contributed by atoms with Crippen LogP contribution in [0.15, 0.2) is 35.2 Å².